The number of thiazole rings is 1. The van der Waals surface area contributed by atoms with Crippen LogP contribution in [0.4, 0.5) is 15.2 Å². The Balaban J connectivity index is 2.37. The summed E-state index contributed by atoms with van der Waals surface area (Å²) in [6.45, 7) is 1.31. The summed E-state index contributed by atoms with van der Waals surface area (Å²) in [5, 5.41) is 3.18. The first kappa shape index (κ1) is 15.4. The van der Waals surface area contributed by atoms with Crippen LogP contribution in [0.2, 0.25) is 5.02 Å². The number of benzene rings is 1. The Morgan fingerprint density at radius 3 is 2.71 bits per heavy atom. The minimum absolute atomic E-state index is 0.0909. The molecular weight excluding hydrogens is 319 g/mol. The Bertz CT molecular complexity index is 717. The molecule has 0 bridgehead atoms. The highest BCUT2D eigenvalue weighted by atomic mass is 35.5. The summed E-state index contributed by atoms with van der Waals surface area (Å²) in [6, 6.07) is 4.09. The van der Waals surface area contributed by atoms with Crippen molar-refractivity contribution >= 4 is 45.5 Å². The van der Waals surface area contributed by atoms with Crippen molar-refractivity contribution in [2.75, 3.05) is 12.4 Å². The Labute approximate surface area is 128 Å². The normalized spacial score (nSPS) is 10.3. The molecule has 2 rings (SSSR count). The lowest BCUT2D eigenvalue weighted by Gasteiger charge is -2.03. The van der Waals surface area contributed by atoms with E-state index >= 15 is 0 Å². The van der Waals surface area contributed by atoms with Gasteiger partial charge in [-0.3, -0.25) is 4.79 Å². The molecule has 1 aromatic carbocycles. The van der Waals surface area contributed by atoms with Crippen molar-refractivity contribution in [1.82, 2.24) is 4.98 Å². The van der Waals surface area contributed by atoms with Crippen LogP contribution in [0.5, 0.6) is 0 Å². The second-order valence-corrected chi connectivity index (χ2v) is 5.43. The molecule has 0 aliphatic rings. The highest BCUT2D eigenvalue weighted by molar-refractivity contribution is 7.17. The molecule has 0 saturated carbocycles. The van der Waals surface area contributed by atoms with Crippen LogP contribution in [-0.2, 0) is 4.74 Å². The molecule has 0 aliphatic heterocycles. The van der Waals surface area contributed by atoms with Crippen LogP contribution in [-0.4, -0.2) is 23.8 Å². The van der Waals surface area contributed by atoms with Crippen LogP contribution in [0.15, 0.2) is 18.2 Å². The molecule has 0 spiro atoms. The molecule has 8 heteroatoms. The van der Waals surface area contributed by atoms with E-state index in [1.165, 1.54) is 26.2 Å². The average Bonchev–Trinajstić information content (AvgIpc) is 2.85. The van der Waals surface area contributed by atoms with Crippen molar-refractivity contribution in [1.29, 1.82) is 0 Å². The van der Waals surface area contributed by atoms with Crippen molar-refractivity contribution < 1.29 is 18.7 Å². The third-order valence-electron chi connectivity index (χ3n) is 2.50. The summed E-state index contributed by atoms with van der Waals surface area (Å²) >= 11 is 6.61. The number of nitrogens with one attached hydrogen (secondary N) is 1. The molecule has 21 heavy (non-hydrogen) atoms. The fraction of sp³-hybridized carbons (Fsp3) is 0.154. The van der Waals surface area contributed by atoms with Gasteiger partial charge in [0.2, 0.25) is 0 Å². The second kappa shape index (κ2) is 6.19. The summed E-state index contributed by atoms with van der Waals surface area (Å²) in [4.78, 5) is 27.2. The number of hydrogen-bond acceptors (Lipinski definition) is 6. The lowest BCUT2D eigenvalue weighted by molar-refractivity contribution is 0.0591. The first-order valence-electron chi connectivity index (χ1n) is 5.74. The fourth-order valence-corrected chi connectivity index (χ4v) is 2.57. The molecule has 0 amide bonds. The van der Waals surface area contributed by atoms with E-state index in [9.17, 15) is 14.0 Å². The van der Waals surface area contributed by atoms with Gasteiger partial charge >= 0.3 is 5.97 Å². The third kappa shape index (κ3) is 3.37. The Morgan fingerprint density at radius 2 is 2.14 bits per heavy atom. The number of carbonyl (C=O) groups is 2. The van der Waals surface area contributed by atoms with Gasteiger partial charge in [-0.05, 0) is 18.2 Å². The zero-order valence-corrected chi connectivity index (χ0v) is 12.6. The molecule has 1 N–H and O–H groups in total. The average molecular weight is 329 g/mol. The van der Waals surface area contributed by atoms with Crippen LogP contribution >= 0.6 is 22.9 Å². The first-order valence-corrected chi connectivity index (χ1v) is 6.94. The maximum Gasteiger partial charge on any atom is 0.358 e. The number of hydrogen-bond donors (Lipinski definition) is 1. The Hall–Kier alpha value is -1.99. The van der Waals surface area contributed by atoms with Crippen molar-refractivity contribution in [2.45, 2.75) is 6.92 Å². The van der Waals surface area contributed by atoms with E-state index in [2.05, 4.69) is 15.0 Å². The molecular formula is C13H10ClFN2O3S. The predicted octanol–water partition coefficient (Wildman–Crippen LogP) is 3.67. The van der Waals surface area contributed by atoms with Crippen LogP contribution < -0.4 is 5.32 Å². The maximum absolute atomic E-state index is 13.7. The largest absolute Gasteiger partial charge is 0.464 e. The monoisotopic (exact) mass is 328 g/mol. The van der Waals surface area contributed by atoms with E-state index < -0.39 is 11.8 Å². The number of rotatable bonds is 4. The number of ether oxygens (including phenoxy) is 1. The number of methoxy groups -OCH3 is 1. The second-order valence-electron chi connectivity index (χ2n) is 3.99. The van der Waals surface area contributed by atoms with E-state index in [0.717, 1.165) is 17.4 Å². The van der Waals surface area contributed by atoms with Gasteiger partial charge in [-0.25, -0.2) is 14.2 Å². The first-order chi connectivity index (χ1) is 9.92. The van der Waals surface area contributed by atoms with Gasteiger partial charge < -0.3 is 10.1 Å². The van der Waals surface area contributed by atoms with Gasteiger partial charge in [-0.15, -0.1) is 0 Å². The zero-order chi connectivity index (χ0) is 15.6. The molecule has 0 aliphatic carbocycles. The number of Topliss-reactive ketones (excluding diaryl/α,β-unsaturated/α-hetero) is 1. The van der Waals surface area contributed by atoms with Gasteiger partial charge in [0.25, 0.3) is 0 Å². The summed E-state index contributed by atoms with van der Waals surface area (Å²) in [7, 11) is 1.19. The third-order valence-corrected chi connectivity index (χ3v) is 3.81. The number of carbonyl (C=O) groups excluding carboxylic acids is 2. The number of nitrogens with zero attached hydrogens (tertiary/aromatic N) is 1. The standard InChI is InChI=1S/C13H10ClFN2O3S/c1-6(18)11-10(12(19)20-2)17-13(21-11)16-9-4-3-7(14)5-8(9)15/h3-5H,1-2H3,(H,16,17). The molecule has 0 saturated heterocycles. The zero-order valence-electron chi connectivity index (χ0n) is 11.1. The van der Waals surface area contributed by atoms with Crippen LogP contribution in [0.3, 0.4) is 0 Å². The lowest BCUT2D eigenvalue weighted by atomic mass is 10.3. The van der Waals surface area contributed by atoms with Gasteiger partial charge in [-0.1, -0.05) is 22.9 Å². The minimum atomic E-state index is -0.721. The number of anilines is 2. The molecule has 0 radical (unpaired) electrons. The van der Waals surface area contributed by atoms with E-state index in [-0.39, 0.29) is 32.2 Å². The van der Waals surface area contributed by atoms with Crippen LogP contribution in [0, 0.1) is 5.82 Å². The molecule has 0 atom stereocenters. The summed E-state index contributed by atoms with van der Waals surface area (Å²) in [5.74, 6) is -1.61. The van der Waals surface area contributed by atoms with Gasteiger partial charge in [0.15, 0.2) is 16.6 Å². The van der Waals surface area contributed by atoms with E-state index in [1.54, 1.807) is 0 Å². The van der Waals surface area contributed by atoms with Crippen LogP contribution in [0.1, 0.15) is 27.1 Å². The minimum Gasteiger partial charge on any atom is -0.464 e. The Morgan fingerprint density at radius 1 is 1.43 bits per heavy atom. The number of ketones is 1. The Kier molecular flexibility index (Phi) is 4.54. The van der Waals surface area contributed by atoms with Gasteiger partial charge in [0.1, 0.15) is 10.7 Å². The highest BCUT2D eigenvalue weighted by Crippen LogP contribution is 2.29. The molecule has 0 fully saturated rings. The van der Waals surface area contributed by atoms with Crippen molar-refractivity contribution in [3.63, 3.8) is 0 Å². The summed E-state index contributed by atoms with van der Waals surface area (Å²) in [6.07, 6.45) is 0. The summed E-state index contributed by atoms with van der Waals surface area (Å²) < 4.78 is 18.3. The number of esters is 1. The van der Waals surface area contributed by atoms with Gasteiger partial charge in [0, 0.05) is 11.9 Å². The molecule has 1 aromatic heterocycles. The molecule has 2 aromatic rings. The highest BCUT2D eigenvalue weighted by Gasteiger charge is 2.22. The molecule has 5 nitrogen and oxygen atoms in total. The smallest absolute Gasteiger partial charge is 0.358 e. The molecule has 0 unspecified atom stereocenters. The lowest BCUT2D eigenvalue weighted by Crippen LogP contribution is -2.07. The quantitative estimate of drug-likeness (QED) is 0.685. The van der Waals surface area contributed by atoms with Crippen molar-refractivity contribution in [3.8, 4) is 0 Å². The molecule has 1 heterocycles. The molecule has 110 valence electrons. The van der Waals surface area contributed by atoms with E-state index in [0.29, 0.717) is 0 Å². The SMILES string of the molecule is COC(=O)c1nc(Nc2ccc(Cl)cc2F)sc1C(C)=O. The maximum atomic E-state index is 13.7. The van der Waals surface area contributed by atoms with Crippen molar-refractivity contribution in [2.24, 2.45) is 0 Å². The van der Waals surface area contributed by atoms with E-state index in [4.69, 9.17) is 11.6 Å². The number of halogens is 2. The predicted molar refractivity (Wildman–Crippen MR) is 78.2 cm³/mol. The van der Waals surface area contributed by atoms with Crippen LogP contribution in [0.25, 0.3) is 0 Å². The summed E-state index contributed by atoms with van der Waals surface area (Å²) in [5.41, 5.74) is 0.0477. The van der Waals surface area contributed by atoms with Gasteiger partial charge in [-0.2, -0.15) is 0 Å². The van der Waals surface area contributed by atoms with E-state index in [1.807, 2.05) is 0 Å². The van der Waals surface area contributed by atoms with Crippen molar-refractivity contribution in [3.05, 3.63) is 39.6 Å². The van der Waals surface area contributed by atoms with Gasteiger partial charge in [0.05, 0.1) is 12.8 Å². The number of aromatic nitrogens is 1. The topological polar surface area (TPSA) is 68.3 Å². The fourth-order valence-electron chi connectivity index (χ4n) is 1.55.